The maximum atomic E-state index is 10.3. The van der Waals surface area contributed by atoms with Crippen molar-refractivity contribution >= 4 is 41.7 Å². The van der Waals surface area contributed by atoms with Gasteiger partial charge in [-0.15, -0.1) is 24.0 Å². The average Bonchev–Trinajstić information content (AvgIpc) is 2.59. The quantitative estimate of drug-likeness (QED) is 0.402. The van der Waals surface area contributed by atoms with E-state index in [9.17, 15) is 5.11 Å². The van der Waals surface area contributed by atoms with Crippen molar-refractivity contribution in [2.24, 2.45) is 10.7 Å². The molecule has 1 atom stereocenters. The zero-order valence-electron chi connectivity index (χ0n) is 13.4. The van der Waals surface area contributed by atoms with Crippen LogP contribution >= 0.6 is 35.7 Å². The summed E-state index contributed by atoms with van der Waals surface area (Å²) in [5.41, 5.74) is 6.69. The highest BCUT2D eigenvalue weighted by Gasteiger charge is 2.14. The fourth-order valence-corrected chi connectivity index (χ4v) is 3.10. The Morgan fingerprint density at radius 2 is 1.83 bits per heavy atom. The van der Waals surface area contributed by atoms with E-state index in [-0.39, 0.29) is 30.5 Å². The molecule has 0 radical (unpaired) electrons. The van der Waals surface area contributed by atoms with Gasteiger partial charge in [-0.25, -0.2) is 0 Å². The molecular formula is C15H24IN3O3S. The molecular weight excluding hydrogens is 429 g/mol. The monoisotopic (exact) mass is 453 g/mol. The van der Waals surface area contributed by atoms with Crippen LogP contribution in [0, 0.1) is 0 Å². The number of halogens is 1. The van der Waals surface area contributed by atoms with Crippen molar-refractivity contribution in [2.45, 2.75) is 6.10 Å². The van der Waals surface area contributed by atoms with E-state index in [1.807, 2.05) is 11.8 Å². The SMILES string of the molecule is COc1cc(OC)cc(C(O)CN=C(N)N2CCSCC2)c1.I. The number of aliphatic hydroxyl groups is 1. The van der Waals surface area contributed by atoms with E-state index in [4.69, 9.17) is 15.2 Å². The molecule has 0 spiro atoms. The molecule has 130 valence electrons. The van der Waals surface area contributed by atoms with Crippen LogP contribution in [-0.2, 0) is 0 Å². The second-order valence-electron chi connectivity index (χ2n) is 4.96. The highest BCUT2D eigenvalue weighted by Crippen LogP contribution is 2.26. The number of ether oxygens (including phenoxy) is 2. The number of aliphatic hydroxyl groups excluding tert-OH is 1. The number of thioether (sulfide) groups is 1. The Morgan fingerprint density at radius 1 is 1.26 bits per heavy atom. The molecule has 8 heteroatoms. The first-order valence-electron chi connectivity index (χ1n) is 7.17. The number of methoxy groups -OCH3 is 2. The van der Waals surface area contributed by atoms with E-state index in [0.29, 0.717) is 23.0 Å². The van der Waals surface area contributed by atoms with Gasteiger partial charge in [-0.1, -0.05) is 0 Å². The van der Waals surface area contributed by atoms with Gasteiger partial charge in [-0.3, -0.25) is 4.99 Å². The third-order valence-corrected chi connectivity index (χ3v) is 4.46. The van der Waals surface area contributed by atoms with Crippen molar-refractivity contribution in [2.75, 3.05) is 45.4 Å². The molecule has 3 N–H and O–H groups in total. The Bertz CT molecular complexity index is 502. The Kier molecular flexibility index (Phi) is 8.85. The minimum Gasteiger partial charge on any atom is -0.497 e. The number of hydrogen-bond acceptors (Lipinski definition) is 5. The van der Waals surface area contributed by atoms with Gasteiger partial charge < -0.3 is 25.2 Å². The number of benzene rings is 1. The van der Waals surface area contributed by atoms with Crippen LogP contribution in [-0.4, -0.2) is 61.3 Å². The summed E-state index contributed by atoms with van der Waals surface area (Å²) in [6.07, 6.45) is -0.748. The van der Waals surface area contributed by atoms with Crippen molar-refractivity contribution < 1.29 is 14.6 Å². The Hall–Kier alpha value is -0.870. The molecule has 0 aromatic heterocycles. The second kappa shape index (κ2) is 10.1. The summed E-state index contributed by atoms with van der Waals surface area (Å²) in [4.78, 5) is 6.37. The predicted molar refractivity (Wildman–Crippen MR) is 105 cm³/mol. The highest BCUT2D eigenvalue weighted by molar-refractivity contribution is 14.0. The first-order valence-corrected chi connectivity index (χ1v) is 8.33. The number of hydrogen-bond donors (Lipinski definition) is 2. The van der Waals surface area contributed by atoms with Crippen LogP contribution in [0.2, 0.25) is 0 Å². The van der Waals surface area contributed by atoms with Crippen LogP contribution in [0.3, 0.4) is 0 Å². The van der Waals surface area contributed by atoms with Gasteiger partial charge in [-0.05, 0) is 17.7 Å². The lowest BCUT2D eigenvalue weighted by Crippen LogP contribution is -2.42. The van der Waals surface area contributed by atoms with Crippen LogP contribution in [0.15, 0.2) is 23.2 Å². The lowest BCUT2D eigenvalue weighted by atomic mass is 10.1. The Balaban J connectivity index is 0.00000264. The van der Waals surface area contributed by atoms with Gasteiger partial charge in [0.05, 0.1) is 26.9 Å². The molecule has 1 aliphatic rings. The van der Waals surface area contributed by atoms with Crippen LogP contribution in [0.4, 0.5) is 0 Å². The van der Waals surface area contributed by atoms with Gasteiger partial charge >= 0.3 is 0 Å². The average molecular weight is 453 g/mol. The number of nitrogens with zero attached hydrogens (tertiary/aromatic N) is 2. The van der Waals surface area contributed by atoms with Crippen molar-refractivity contribution in [3.05, 3.63) is 23.8 Å². The molecule has 1 aromatic rings. The summed E-state index contributed by atoms with van der Waals surface area (Å²) in [5, 5.41) is 10.3. The van der Waals surface area contributed by atoms with Crippen LogP contribution < -0.4 is 15.2 Å². The first kappa shape index (κ1) is 20.2. The maximum absolute atomic E-state index is 10.3. The number of aliphatic imine (C=N–C) groups is 1. The molecule has 0 aliphatic carbocycles. The minimum absolute atomic E-state index is 0. The Morgan fingerprint density at radius 3 is 2.35 bits per heavy atom. The van der Waals surface area contributed by atoms with Crippen LogP contribution in [0.1, 0.15) is 11.7 Å². The molecule has 0 amide bonds. The highest BCUT2D eigenvalue weighted by atomic mass is 127. The predicted octanol–water partition coefficient (Wildman–Crippen LogP) is 1.72. The number of guanidine groups is 1. The summed E-state index contributed by atoms with van der Waals surface area (Å²) in [7, 11) is 3.16. The van der Waals surface area contributed by atoms with Gasteiger partial charge in [0.25, 0.3) is 0 Å². The lowest BCUT2D eigenvalue weighted by Gasteiger charge is -2.27. The van der Waals surface area contributed by atoms with Gasteiger partial charge in [0.2, 0.25) is 0 Å². The molecule has 2 rings (SSSR count). The fraction of sp³-hybridized carbons (Fsp3) is 0.533. The normalized spacial score (nSPS) is 16.5. The van der Waals surface area contributed by atoms with Crippen molar-refractivity contribution in [1.29, 1.82) is 0 Å². The van der Waals surface area contributed by atoms with Crippen molar-refractivity contribution in [3.63, 3.8) is 0 Å². The van der Waals surface area contributed by atoms with Gasteiger partial charge in [-0.2, -0.15) is 11.8 Å². The zero-order valence-corrected chi connectivity index (χ0v) is 16.5. The summed E-state index contributed by atoms with van der Waals surface area (Å²) < 4.78 is 10.4. The zero-order chi connectivity index (χ0) is 15.9. The molecule has 1 heterocycles. The van der Waals surface area contributed by atoms with E-state index in [0.717, 1.165) is 24.6 Å². The standard InChI is InChI=1S/C15H23N3O3S.HI/c1-20-12-7-11(8-13(9-12)21-2)14(19)10-17-15(16)18-3-5-22-6-4-18;/h7-9,14,19H,3-6,10H2,1-2H3,(H2,16,17);1H. The van der Waals surface area contributed by atoms with E-state index in [1.54, 1.807) is 32.4 Å². The fourth-order valence-electron chi connectivity index (χ4n) is 2.20. The molecule has 0 bridgehead atoms. The van der Waals surface area contributed by atoms with E-state index < -0.39 is 6.10 Å². The van der Waals surface area contributed by atoms with Crippen LogP contribution in [0.5, 0.6) is 11.5 Å². The third kappa shape index (κ3) is 5.92. The molecule has 1 unspecified atom stereocenters. The largest absolute Gasteiger partial charge is 0.497 e. The molecule has 6 nitrogen and oxygen atoms in total. The lowest BCUT2D eigenvalue weighted by molar-refractivity contribution is 0.186. The van der Waals surface area contributed by atoms with E-state index >= 15 is 0 Å². The van der Waals surface area contributed by atoms with Crippen molar-refractivity contribution in [3.8, 4) is 11.5 Å². The molecule has 1 aliphatic heterocycles. The number of nitrogens with two attached hydrogens (primary N) is 1. The van der Waals surface area contributed by atoms with Gasteiger partial charge in [0.1, 0.15) is 11.5 Å². The van der Waals surface area contributed by atoms with Crippen molar-refractivity contribution in [1.82, 2.24) is 4.90 Å². The molecule has 1 aromatic carbocycles. The summed E-state index contributed by atoms with van der Waals surface area (Å²) in [5.74, 6) is 3.89. The third-order valence-electron chi connectivity index (χ3n) is 3.52. The van der Waals surface area contributed by atoms with Gasteiger partial charge in [0.15, 0.2) is 5.96 Å². The topological polar surface area (TPSA) is 80.3 Å². The second-order valence-corrected chi connectivity index (χ2v) is 6.18. The van der Waals surface area contributed by atoms with E-state index in [2.05, 4.69) is 9.89 Å². The Labute approximate surface area is 158 Å². The molecule has 1 saturated heterocycles. The summed E-state index contributed by atoms with van der Waals surface area (Å²) >= 11 is 1.92. The minimum atomic E-state index is -0.748. The molecule has 23 heavy (non-hydrogen) atoms. The van der Waals surface area contributed by atoms with Crippen LogP contribution in [0.25, 0.3) is 0 Å². The first-order chi connectivity index (χ1) is 10.6. The molecule has 1 fully saturated rings. The van der Waals surface area contributed by atoms with Gasteiger partial charge in [0, 0.05) is 30.7 Å². The summed E-state index contributed by atoms with van der Waals surface area (Å²) in [6, 6.07) is 5.31. The maximum Gasteiger partial charge on any atom is 0.191 e. The number of rotatable bonds is 5. The molecule has 0 saturated carbocycles. The van der Waals surface area contributed by atoms with E-state index in [1.165, 1.54) is 0 Å². The summed E-state index contributed by atoms with van der Waals surface area (Å²) in [6.45, 7) is 2.03. The smallest absolute Gasteiger partial charge is 0.191 e.